The Hall–Kier alpha value is -2.15. The summed E-state index contributed by atoms with van der Waals surface area (Å²) in [5, 5.41) is 7.20. The number of aromatic nitrogens is 1. The summed E-state index contributed by atoms with van der Waals surface area (Å²) in [6, 6.07) is 11.3. The van der Waals surface area contributed by atoms with Crippen LogP contribution in [-0.4, -0.2) is 17.4 Å². The number of thiazole rings is 1. The second-order valence-electron chi connectivity index (χ2n) is 5.47. The van der Waals surface area contributed by atoms with E-state index in [0.29, 0.717) is 27.3 Å². The molecule has 1 amide bonds. The van der Waals surface area contributed by atoms with Gasteiger partial charge in [-0.2, -0.15) is 0 Å². The molecule has 26 heavy (non-hydrogen) atoms. The molecule has 134 valence electrons. The molecular formula is C18H14Cl2FN3OS. The van der Waals surface area contributed by atoms with Crippen molar-refractivity contribution in [2.75, 3.05) is 17.2 Å². The van der Waals surface area contributed by atoms with Crippen LogP contribution in [0.3, 0.4) is 0 Å². The third kappa shape index (κ3) is 5.17. The summed E-state index contributed by atoms with van der Waals surface area (Å²) in [5.74, 6) is -0.554. The molecule has 4 nitrogen and oxygen atoms in total. The Kier molecular flexibility index (Phi) is 6.08. The number of halogens is 3. The van der Waals surface area contributed by atoms with Gasteiger partial charge in [0, 0.05) is 23.2 Å². The minimum absolute atomic E-state index is 0.0628. The molecule has 2 N–H and O–H groups in total. The predicted molar refractivity (Wildman–Crippen MR) is 105 cm³/mol. The molecule has 0 aliphatic rings. The molecule has 3 aromatic rings. The van der Waals surface area contributed by atoms with Crippen LogP contribution in [0.15, 0.2) is 48.7 Å². The molecule has 0 atom stereocenters. The maximum Gasteiger partial charge on any atom is 0.245 e. The Morgan fingerprint density at radius 3 is 2.62 bits per heavy atom. The molecular weight excluding hydrogens is 396 g/mol. The third-order valence-electron chi connectivity index (χ3n) is 3.46. The van der Waals surface area contributed by atoms with E-state index in [-0.39, 0.29) is 18.3 Å². The topological polar surface area (TPSA) is 54.0 Å². The number of carbonyl (C=O) groups is 1. The van der Waals surface area contributed by atoms with Gasteiger partial charge in [-0.15, -0.1) is 11.3 Å². The number of nitrogens with zero attached hydrogens (tertiary/aromatic N) is 1. The first-order chi connectivity index (χ1) is 12.5. The van der Waals surface area contributed by atoms with E-state index in [1.807, 2.05) is 12.1 Å². The third-order valence-corrected chi connectivity index (χ3v) is 5.11. The highest BCUT2D eigenvalue weighted by Crippen LogP contribution is 2.26. The number of benzene rings is 2. The van der Waals surface area contributed by atoms with E-state index >= 15 is 0 Å². The van der Waals surface area contributed by atoms with E-state index in [2.05, 4.69) is 15.6 Å². The van der Waals surface area contributed by atoms with Crippen LogP contribution in [0.2, 0.25) is 10.0 Å². The Balaban J connectivity index is 1.53. The van der Waals surface area contributed by atoms with Crippen molar-refractivity contribution in [1.82, 2.24) is 4.98 Å². The Morgan fingerprint density at radius 1 is 1.12 bits per heavy atom. The minimum atomic E-state index is -0.322. The lowest BCUT2D eigenvalue weighted by Gasteiger charge is -2.05. The van der Waals surface area contributed by atoms with Gasteiger partial charge in [-0.1, -0.05) is 29.3 Å². The van der Waals surface area contributed by atoms with Gasteiger partial charge < -0.3 is 10.6 Å². The van der Waals surface area contributed by atoms with Gasteiger partial charge in [0.2, 0.25) is 5.91 Å². The van der Waals surface area contributed by atoms with Crippen LogP contribution in [0.4, 0.5) is 15.2 Å². The molecule has 0 fully saturated rings. The summed E-state index contributed by atoms with van der Waals surface area (Å²) < 4.78 is 12.8. The first-order valence-electron chi connectivity index (χ1n) is 7.67. The van der Waals surface area contributed by atoms with Crippen LogP contribution < -0.4 is 10.6 Å². The Bertz CT molecular complexity index is 915. The lowest BCUT2D eigenvalue weighted by atomic mass is 10.1. The molecule has 0 aliphatic carbocycles. The lowest BCUT2D eigenvalue weighted by Crippen LogP contribution is -2.21. The molecule has 8 heteroatoms. The van der Waals surface area contributed by atoms with Crippen LogP contribution in [0.5, 0.6) is 0 Å². The monoisotopic (exact) mass is 409 g/mol. The summed E-state index contributed by atoms with van der Waals surface area (Å²) in [6.07, 6.45) is 2.37. The summed E-state index contributed by atoms with van der Waals surface area (Å²) in [4.78, 5) is 17.2. The lowest BCUT2D eigenvalue weighted by molar-refractivity contribution is -0.114. The number of rotatable bonds is 6. The molecule has 0 spiro atoms. The van der Waals surface area contributed by atoms with Crippen molar-refractivity contribution < 1.29 is 9.18 Å². The number of hydrogen-bond acceptors (Lipinski definition) is 4. The fourth-order valence-electron chi connectivity index (χ4n) is 2.21. The average Bonchev–Trinajstić information content (AvgIpc) is 3.04. The molecule has 0 unspecified atom stereocenters. The van der Waals surface area contributed by atoms with Gasteiger partial charge in [0.15, 0.2) is 5.13 Å². The van der Waals surface area contributed by atoms with Crippen LogP contribution in [0.25, 0.3) is 0 Å². The van der Waals surface area contributed by atoms with Crippen molar-refractivity contribution in [2.24, 2.45) is 0 Å². The van der Waals surface area contributed by atoms with E-state index in [1.165, 1.54) is 23.5 Å². The number of carbonyl (C=O) groups excluding carboxylic acids is 1. The molecule has 0 bridgehead atoms. The van der Waals surface area contributed by atoms with E-state index < -0.39 is 0 Å². The van der Waals surface area contributed by atoms with Gasteiger partial charge in [-0.05, 0) is 42.0 Å². The van der Waals surface area contributed by atoms with Gasteiger partial charge in [-0.25, -0.2) is 9.37 Å². The van der Waals surface area contributed by atoms with Gasteiger partial charge in [0.25, 0.3) is 0 Å². The summed E-state index contributed by atoms with van der Waals surface area (Å²) in [7, 11) is 0. The SMILES string of the molecule is O=C(CNc1ccc(F)cc1)Nc1ncc(Cc2ccc(Cl)c(Cl)c2)s1. The molecule has 0 saturated carbocycles. The normalized spacial score (nSPS) is 10.6. The summed E-state index contributed by atoms with van der Waals surface area (Å²) in [5.41, 5.74) is 1.68. The second-order valence-corrected chi connectivity index (χ2v) is 7.40. The molecule has 1 aromatic heterocycles. The molecule has 1 heterocycles. The first-order valence-corrected chi connectivity index (χ1v) is 9.25. The number of amides is 1. The van der Waals surface area contributed by atoms with Crippen LogP contribution in [-0.2, 0) is 11.2 Å². The smallest absolute Gasteiger partial charge is 0.245 e. The van der Waals surface area contributed by atoms with Gasteiger partial charge in [0.05, 0.1) is 16.6 Å². The number of nitrogens with one attached hydrogen (secondary N) is 2. The van der Waals surface area contributed by atoms with Crippen molar-refractivity contribution in [2.45, 2.75) is 6.42 Å². The van der Waals surface area contributed by atoms with Gasteiger partial charge in [0.1, 0.15) is 5.82 Å². The molecule has 2 aromatic carbocycles. The zero-order valence-corrected chi connectivity index (χ0v) is 15.8. The number of hydrogen-bond donors (Lipinski definition) is 2. The summed E-state index contributed by atoms with van der Waals surface area (Å²) >= 11 is 13.3. The van der Waals surface area contributed by atoms with E-state index in [0.717, 1.165) is 10.4 Å². The van der Waals surface area contributed by atoms with Crippen LogP contribution in [0, 0.1) is 5.82 Å². The first kappa shape index (κ1) is 18.6. The predicted octanol–water partition coefficient (Wildman–Crippen LogP) is 5.23. The van der Waals surface area contributed by atoms with Gasteiger partial charge >= 0.3 is 0 Å². The fraction of sp³-hybridized carbons (Fsp3) is 0.111. The van der Waals surface area contributed by atoms with Crippen LogP contribution >= 0.6 is 34.5 Å². The van der Waals surface area contributed by atoms with Crippen molar-refractivity contribution >= 4 is 51.3 Å². The Labute approximate surface area is 164 Å². The van der Waals surface area contributed by atoms with E-state index in [1.54, 1.807) is 24.4 Å². The van der Waals surface area contributed by atoms with E-state index in [4.69, 9.17) is 23.2 Å². The largest absolute Gasteiger partial charge is 0.376 e. The van der Waals surface area contributed by atoms with E-state index in [9.17, 15) is 9.18 Å². The maximum absolute atomic E-state index is 12.8. The fourth-order valence-corrected chi connectivity index (χ4v) is 3.39. The zero-order chi connectivity index (χ0) is 18.5. The van der Waals surface area contributed by atoms with Crippen LogP contribution in [0.1, 0.15) is 10.4 Å². The van der Waals surface area contributed by atoms with Crippen molar-refractivity contribution in [1.29, 1.82) is 0 Å². The molecule has 0 saturated heterocycles. The highest BCUT2D eigenvalue weighted by atomic mass is 35.5. The molecule has 3 rings (SSSR count). The summed E-state index contributed by atoms with van der Waals surface area (Å²) in [6.45, 7) is 0.0628. The van der Waals surface area contributed by atoms with Gasteiger partial charge in [-0.3, -0.25) is 4.79 Å². The standard InChI is InChI=1S/C18H14Cl2FN3OS/c19-15-6-1-11(8-16(15)20)7-14-9-23-18(26-14)24-17(25)10-22-13-4-2-12(21)3-5-13/h1-6,8-9,22H,7,10H2,(H,23,24,25). The zero-order valence-electron chi connectivity index (χ0n) is 13.4. The quantitative estimate of drug-likeness (QED) is 0.585. The maximum atomic E-state index is 12.8. The number of anilines is 2. The highest BCUT2D eigenvalue weighted by Gasteiger charge is 2.08. The molecule has 0 radical (unpaired) electrons. The van der Waals surface area contributed by atoms with Crippen molar-refractivity contribution in [3.05, 3.63) is 75.0 Å². The van der Waals surface area contributed by atoms with Crippen molar-refractivity contribution in [3.63, 3.8) is 0 Å². The minimum Gasteiger partial charge on any atom is -0.376 e. The second kappa shape index (κ2) is 8.49. The van der Waals surface area contributed by atoms with Crippen molar-refractivity contribution in [3.8, 4) is 0 Å². The highest BCUT2D eigenvalue weighted by molar-refractivity contribution is 7.15. The Morgan fingerprint density at radius 2 is 1.88 bits per heavy atom. The average molecular weight is 410 g/mol. The molecule has 0 aliphatic heterocycles.